The molecule has 0 atom stereocenters. The van der Waals surface area contributed by atoms with Crippen LogP contribution in [0.1, 0.15) is 55.5 Å². The summed E-state index contributed by atoms with van der Waals surface area (Å²) in [6, 6.07) is 66.4. The van der Waals surface area contributed by atoms with Crippen LogP contribution in [0.15, 0.2) is 176 Å². The summed E-state index contributed by atoms with van der Waals surface area (Å²) in [5, 5.41) is 12.0. The molecule has 11 rings (SSSR count). The molecule has 58 heavy (non-hydrogen) atoms. The number of anilines is 3. The standard InChI is InChI=1S/C55H41N3/c1-54(2)48-16-10-8-14-42(48)44-26-24-40(32-50(44)54)57(41-25-27-45-43-15-9-11-17-49(43)55(3,4)51(45)33-41)39-22-19-36(20-23-39)37-21-29-53-47(31-37)46-30-35(34-56)18-28-52(46)58(53)38-12-6-5-7-13-38/h5-33H,1-4H3. The van der Waals surface area contributed by atoms with Crippen molar-refractivity contribution in [2.24, 2.45) is 0 Å². The van der Waals surface area contributed by atoms with Gasteiger partial charge in [-0.2, -0.15) is 5.26 Å². The van der Waals surface area contributed by atoms with Crippen LogP contribution in [0.4, 0.5) is 17.1 Å². The maximum absolute atomic E-state index is 9.83. The monoisotopic (exact) mass is 743 g/mol. The van der Waals surface area contributed by atoms with Crippen molar-refractivity contribution < 1.29 is 0 Å². The molecule has 0 spiro atoms. The van der Waals surface area contributed by atoms with Gasteiger partial charge in [0.25, 0.3) is 0 Å². The molecule has 276 valence electrons. The van der Waals surface area contributed by atoms with Gasteiger partial charge in [0.15, 0.2) is 0 Å². The Morgan fingerprint density at radius 1 is 0.431 bits per heavy atom. The quantitative estimate of drug-likeness (QED) is 0.176. The minimum atomic E-state index is -0.116. The summed E-state index contributed by atoms with van der Waals surface area (Å²) in [7, 11) is 0. The molecule has 0 amide bonds. The first-order chi connectivity index (χ1) is 28.2. The van der Waals surface area contributed by atoms with E-state index in [1.165, 1.54) is 44.5 Å². The molecule has 3 nitrogen and oxygen atoms in total. The second-order valence-corrected chi connectivity index (χ2v) is 16.9. The molecule has 3 heteroatoms. The first-order valence-corrected chi connectivity index (χ1v) is 20.2. The van der Waals surface area contributed by atoms with Crippen LogP contribution in [-0.4, -0.2) is 4.57 Å². The number of para-hydroxylation sites is 1. The lowest BCUT2D eigenvalue weighted by Crippen LogP contribution is -2.18. The van der Waals surface area contributed by atoms with Gasteiger partial charge in [0, 0.05) is 44.4 Å². The normalized spacial score (nSPS) is 14.1. The van der Waals surface area contributed by atoms with Gasteiger partial charge in [-0.25, -0.2) is 0 Å². The highest BCUT2D eigenvalue weighted by atomic mass is 15.1. The Kier molecular flexibility index (Phi) is 7.31. The first kappa shape index (κ1) is 34.1. The Morgan fingerprint density at radius 2 is 0.914 bits per heavy atom. The summed E-state index contributed by atoms with van der Waals surface area (Å²) in [5.41, 5.74) is 20.1. The average molecular weight is 744 g/mol. The second-order valence-electron chi connectivity index (χ2n) is 16.9. The van der Waals surface area contributed by atoms with E-state index < -0.39 is 0 Å². The van der Waals surface area contributed by atoms with Gasteiger partial charge in [0.1, 0.15) is 0 Å². The third kappa shape index (κ3) is 4.92. The van der Waals surface area contributed by atoms with E-state index in [1.54, 1.807) is 0 Å². The molecule has 0 saturated heterocycles. The number of nitriles is 1. The lowest BCUT2D eigenvalue weighted by Gasteiger charge is -2.30. The van der Waals surface area contributed by atoms with Gasteiger partial charge in [-0.05, 0) is 134 Å². The number of fused-ring (bicyclic) bond motifs is 9. The molecule has 0 N–H and O–H groups in total. The van der Waals surface area contributed by atoms with Crippen LogP contribution in [0.2, 0.25) is 0 Å². The van der Waals surface area contributed by atoms with Gasteiger partial charge in [0.05, 0.1) is 22.7 Å². The highest BCUT2D eigenvalue weighted by Crippen LogP contribution is 2.53. The third-order valence-electron chi connectivity index (χ3n) is 13.0. The Morgan fingerprint density at radius 3 is 1.50 bits per heavy atom. The highest BCUT2D eigenvalue weighted by molar-refractivity contribution is 6.11. The summed E-state index contributed by atoms with van der Waals surface area (Å²) in [6.45, 7) is 9.41. The fourth-order valence-corrected chi connectivity index (χ4v) is 10.0. The Bertz CT molecular complexity index is 3070. The fourth-order valence-electron chi connectivity index (χ4n) is 10.0. The molecule has 0 aliphatic heterocycles. The maximum Gasteiger partial charge on any atom is 0.0991 e. The van der Waals surface area contributed by atoms with Crippen molar-refractivity contribution in [2.75, 3.05) is 4.90 Å². The molecule has 0 fully saturated rings. The summed E-state index contributed by atoms with van der Waals surface area (Å²) < 4.78 is 2.30. The number of hydrogen-bond donors (Lipinski definition) is 0. The van der Waals surface area contributed by atoms with Crippen LogP contribution in [0.5, 0.6) is 0 Å². The van der Waals surface area contributed by atoms with Crippen molar-refractivity contribution in [3.63, 3.8) is 0 Å². The molecule has 2 aliphatic rings. The summed E-state index contributed by atoms with van der Waals surface area (Å²) in [6.07, 6.45) is 0. The lowest BCUT2D eigenvalue weighted by molar-refractivity contribution is 0.660. The van der Waals surface area contributed by atoms with Crippen molar-refractivity contribution in [1.82, 2.24) is 4.57 Å². The number of aromatic nitrogens is 1. The van der Waals surface area contributed by atoms with E-state index in [9.17, 15) is 5.26 Å². The van der Waals surface area contributed by atoms with E-state index >= 15 is 0 Å². The van der Waals surface area contributed by atoms with E-state index in [2.05, 4.69) is 201 Å². The number of nitrogens with zero attached hydrogens (tertiary/aromatic N) is 3. The molecule has 2 aliphatic carbocycles. The molecule has 0 radical (unpaired) electrons. The van der Waals surface area contributed by atoms with Crippen LogP contribution in [0, 0.1) is 11.3 Å². The third-order valence-corrected chi connectivity index (χ3v) is 13.0. The summed E-state index contributed by atoms with van der Waals surface area (Å²) >= 11 is 0. The fraction of sp³-hybridized carbons (Fsp3) is 0.109. The molecule has 0 bridgehead atoms. The predicted molar refractivity (Wildman–Crippen MR) is 241 cm³/mol. The molecule has 1 heterocycles. The smallest absolute Gasteiger partial charge is 0.0991 e. The molecule has 9 aromatic rings. The van der Waals surface area contributed by atoms with Gasteiger partial charge in [-0.15, -0.1) is 0 Å². The van der Waals surface area contributed by atoms with Crippen LogP contribution in [0.3, 0.4) is 0 Å². The van der Waals surface area contributed by atoms with Crippen molar-refractivity contribution in [3.8, 4) is 45.1 Å². The van der Waals surface area contributed by atoms with E-state index in [4.69, 9.17) is 0 Å². The predicted octanol–water partition coefficient (Wildman–Crippen LogP) is 14.4. The van der Waals surface area contributed by atoms with E-state index in [-0.39, 0.29) is 10.8 Å². The molecule has 1 aromatic heterocycles. The Labute approximate surface area is 339 Å². The first-order valence-electron chi connectivity index (χ1n) is 20.2. The summed E-state index contributed by atoms with van der Waals surface area (Å²) in [4.78, 5) is 2.43. The Hall–Kier alpha value is -7.15. The van der Waals surface area contributed by atoms with Gasteiger partial charge >= 0.3 is 0 Å². The topological polar surface area (TPSA) is 32.0 Å². The zero-order valence-electron chi connectivity index (χ0n) is 33.1. The largest absolute Gasteiger partial charge is 0.310 e. The van der Waals surface area contributed by atoms with E-state index in [0.717, 1.165) is 55.7 Å². The van der Waals surface area contributed by atoms with Crippen LogP contribution < -0.4 is 4.90 Å². The van der Waals surface area contributed by atoms with Gasteiger partial charge < -0.3 is 9.47 Å². The Balaban J connectivity index is 1.05. The number of rotatable bonds is 5. The van der Waals surface area contributed by atoms with Gasteiger partial charge in [0.2, 0.25) is 0 Å². The van der Waals surface area contributed by atoms with Crippen molar-refractivity contribution in [1.29, 1.82) is 5.26 Å². The van der Waals surface area contributed by atoms with Crippen molar-refractivity contribution >= 4 is 38.9 Å². The minimum Gasteiger partial charge on any atom is -0.310 e. The zero-order chi connectivity index (χ0) is 39.3. The maximum atomic E-state index is 9.83. The average Bonchev–Trinajstić information content (AvgIpc) is 3.80. The van der Waals surface area contributed by atoms with Crippen LogP contribution in [-0.2, 0) is 10.8 Å². The van der Waals surface area contributed by atoms with Crippen molar-refractivity contribution in [3.05, 3.63) is 204 Å². The molecule has 8 aromatic carbocycles. The number of benzene rings is 8. The minimum absolute atomic E-state index is 0.116. The van der Waals surface area contributed by atoms with Gasteiger partial charge in [-0.1, -0.05) is 125 Å². The van der Waals surface area contributed by atoms with Gasteiger partial charge in [-0.3, -0.25) is 0 Å². The molecule has 0 saturated carbocycles. The summed E-state index contributed by atoms with van der Waals surface area (Å²) in [5.74, 6) is 0. The van der Waals surface area contributed by atoms with Crippen LogP contribution in [0.25, 0.3) is 60.9 Å². The number of hydrogen-bond acceptors (Lipinski definition) is 2. The zero-order valence-corrected chi connectivity index (χ0v) is 33.1. The van der Waals surface area contributed by atoms with Crippen LogP contribution >= 0.6 is 0 Å². The second kappa shape index (κ2) is 12.4. The highest BCUT2D eigenvalue weighted by Gasteiger charge is 2.37. The molecular weight excluding hydrogens is 703 g/mol. The van der Waals surface area contributed by atoms with Crippen molar-refractivity contribution in [2.45, 2.75) is 38.5 Å². The SMILES string of the molecule is CC1(C)c2ccccc2-c2ccc(N(c3ccc(-c4ccc5c(c4)c4cc(C#N)ccc4n5-c4ccccc4)cc3)c3ccc4c(c3)C(C)(C)c3ccccc3-4)cc21. The van der Waals surface area contributed by atoms with E-state index in [0.29, 0.717) is 5.56 Å². The molecular formula is C55H41N3. The molecule has 0 unspecified atom stereocenters. The lowest BCUT2D eigenvalue weighted by atomic mass is 9.82. The van der Waals surface area contributed by atoms with E-state index in [1.807, 2.05) is 18.2 Å².